The summed E-state index contributed by atoms with van der Waals surface area (Å²) >= 11 is 5.92. The van der Waals surface area contributed by atoms with Crippen molar-refractivity contribution in [1.29, 1.82) is 0 Å². The molecule has 1 amide bonds. The molecule has 0 saturated carbocycles. The minimum absolute atomic E-state index is 0.0376. The minimum atomic E-state index is -4.57. The van der Waals surface area contributed by atoms with Crippen molar-refractivity contribution in [2.24, 2.45) is 0 Å². The molecule has 0 saturated heterocycles. The Bertz CT molecular complexity index is 934. The van der Waals surface area contributed by atoms with Crippen molar-refractivity contribution in [3.8, 4) is 0 Å². The first-order chi connectivity index (χ1) is 12.3. The molecule has 3 aromatic rings. The van der Waals surface area contributed by atoms with Gasteiger partial charge in [0.15, 0.2) is 5.65 Å². The Labute approximate surface area is 151 Å². The zero-order valence-corrected chi connectivity index (χ0v) is 14.5. The molecule has 1 N–H and O–H groups in total. The Balaban J connectivity index is 1.80. The molecule has 0 aliphatic heterocycles. The second kappa shape index (κ2) is 6.99. The van der Waals surface area contributed by atoms with E-state index in [0.29, 0.717) is 25.2 Å². The molecule has 138 valence electrons. The van der Waals surface area contributed by atoms with Gasteiger partial charge >= 0.3 is 6.18 Å². The summed E-state index contributed by atoms with van der Waals surface area (Å²) in [6.07, 6.45) is 2.03. The standard InChI is InChI=1S/C16H15ClF3N5O/c1-10-13(15(26)22-3-2-5-24-6-4-21-9-24)25-8-11(16(18,19)20)7-12(17)14(25)23-10/h4,6-9H,2-3,5H2,1H3,(H,22,26). The van der Waals surface area contributed by atoms with Gasteiger partial charge < -0.3 is 9.88 Å². The topological polar surface area (TPSA) is 64.2 Å². The summed E-state index contributed by atoms with van der Waals surface area (Å²) in [5.74, 6) is -0.504. The Morgan fingerprint density at radius 1 is 1.38 bits per heavy atom. The highest BCUT2D eigenvalue weighted by Crippen LogP contribution is 2.33. The number of nitrogens with one attached hydrogen (secondary N) is 1. The monoisotopic (exact) mass is 385 g/mol. The molecule has 3 heterocycles. The molecule has 0 aliphatic rings. The van der Waals surface area contributed by atoms with Crippen LogP contribution in [0, 0.1) is 6.92 Å². The van der Waals surface area contributed by atoms with Gasteiger partial charge in [-0.15, -0.1) is 0 Å². The molecule has 0 fully saturated rings. The zero-order valence-electron chi connectivity index (χ0n) is 13.7. The van der Waals surface area contributed by atoms with Crippen LogP contribution >= 0.6 is 11.6 Å². The number of rotatable bonds is 5. The van der Waals surface area contributed by atoms with E-state index >= 15 is 0 Å². The Hall–Kier alpha value is -2.55. The highest BCUT2D eigenvalue weighted by atomic mass is 35.5. The average molecular weight is 386 g/mol. The first-order valence-electron chi connectivity index (χ1n) is 7.76. The van der Waals surface area contributed by atoms with Crippen LogP contribution in [0.15, 0.2) is 31.0 Å². The molecule has 0 atom stereocenters. The Kier molecular flexibility index (Phi) is 4.90. The van der Waals surface area contributed by atoms with Crippen molar-refractivity contribution in [2.75, 3.05) is 6.54 Å². The molecule has 3 rings (SSSR count). The van der Waals surface area contributed by atoms with Crippen molar-refractivity contribution >= 4 is 23.2 Å². The van der Waals surface area contributed by atoms with Crippen molar-refractivity contribution in [3.63, 3.8) is 0 Å². The van der Waals surface area contributed by atoms with Gasteiger partial charge in [-0.2, -0.15) is 13.2 Å². The van der Waals surface area contributed by atoms with Crippen LogP contribution in [0.4, 0.5) is 13.2 Å². The lowest BCUT2D eigenvalue weighted by molar-refractivity contribution is -0.137. The van der Waals surface area contributed by atoms with Gasteiger partial charge in [-0.1, -0.05) is 11.6 Å². The van der Waals surface area contributed by atoms with E-state index < -0.39 is 17.6 Å². The number of aromatic nitrogens is 4. The second-order valence-electron chi connectivity index (χ2n) is 5.72. The van der Waals surface area contributed by atoms with Crippen LogP contribution in [0.25, 0.3) is 5.65 Å². The molecule has 0 aromatic carbocycles. The third-order valence-electron chi connectivity index (χ3n) is 3.83. The summed E-state index contributed by atoms with van der Waals surface area (Å²) in [6, 6.07) is 0.802. The van der Waals surface area contributed by atoms with Gasteiger partial charge in [-0.05, 0) is 19.4 Å². The lowest BCUT2D eigenvalue weighted by Gasteiger charge is -2.10. The summed E-state index contributed by atoms with van der Waals surface area (Å²) in [4.78, 5) is 20.5. The number of alkyl halides is 3. The number of nitrogens with zero attached hydrogens (tertiary/aromatic N) is 4. The van der Waals surface area contributed by atoms with Crippen molar-refractivity contribution in [1.82, 2.24) is 24.3 Å². The van der Waals surface area contributed by atoms with Crippen LogP contribution in [0.5, 0.6) is 0 Å². The van der Waals surface area contributed by atoms with Crippen molar-refractivity contribution in [3.05, 3.63) is 53.0 Å². The number of hydrogen-bond donors (Lipinski definition) is 1. The predicted octanol–water partition coefficient (Wildman–Crippen LogP) is 3.33. The minimum Gasteiger partial charge on any atom is -0.351 e. The maximum absolute atomic E-state index is 13.0. The maximum Gasteiger partial charge on any atom is 0.417 e. The molecule has 6 nitrogen and oxygen atoms in total. The number of carbonyl (C=O) groups excluding carboxylic acids is 1. The van der Waals surface area contributed by atoms with Gasteiger partial charge in [-0.3, -0.25) is 9.20 Å². The maximum atomic E-state index is 13.0. The smallest absolute Gasteiger partial charge is 0.351 e. The van der Waals surface area contributed by atoms with Crippen LogP contribution in [0.1, 0.15) is 28.2 Å². The number of pyridine rings is 1. The fourth-order valence-corrected chi connectivity index (χ4v) is 2.86. The quantitative estimate of drug-likeness (QED) is 0.685. The molecular weight excluding hydrogens is 371 g/mol. The van der Waals surface area contributed by atoms with E-state index in [1.54, 1.807) is 25.6 Å². The van der Waals surface area contributed by atoms with Crippen LogP contribution in [0.3, 0.4) is 0 Å². The van der Waals surface area contributed by atoms with E-state index in [9.17, 15) is 18.0 Å². The average Bonchev–Trinajstić information content (AvgIpc) is 3.17. The highest BCUT2D eigenvalue weighted by Gasteiger charge is 2.32. The fraction of sp³-hybridized carbons (Fsp3) is 0.312. The summed E-state index contributed by atoms with van der Waals surface area (Å²) in [6.45, 7) is 2.57. The lowest BCUT2D eigenvalue weighted by atomic mass is 10.2. The van der Waals surface area contributed by atoms with Gasteiger partial charge in [-0.25, -0.2) is 9.97 Å². The fourth-order valence-electron chi connectivity index (χ4n) is 2.61. The van der Waals surface area contributed by atoms with Crippen LogP contribution in [0.2, 0.25) is 5.02 Å². The third-order valence-corrected chi connectivity index (χ3v) is 4.11. The molecule has 0 radical (unpaired) electrons. The molecule has 0 unspecified atom stereocenters. The Morgan fingerprint density at radius 2 is 2.15 bits per heavy atom. The number of hydrogen-bond acceptors (Lipinski definition) is 3. The second-order valence-corrected chi connectivity index (χ2v) is 6.13. The van der Waals surface area contributed by atoms with E-state index in [-0.39, 0.29) is 16.4 Å². The van der Waals surface area contributed by atoms with E-state index in [1.165, 1.54) is 0 Å². The Morgan fingerprint density at radius 3 is 2.81 bits per heavy atom. The van der Waals surface area contributed by atoms with Gasteiger partial charge in [0.05, 0.1) is 22.6 Å². The number of amides is 1. The van der Waals surface area contributed by atoms with Gasteiger partial charge in [0, 0.05) is 31.7 Å². The molecule has 26 heavy (non-hydrogen) atoms. The first kappa shape index (κ1) is 18.2. The lowest BCUT2D eigenvalue weighted by Crippen LogP contribution is -2.27. The normalized spacial score (nSPS) is 11.9. The number of aryl methyl sites for hydroxylation is 2. The number of halogens is 4. The molecule has 0 spiro atoms. The van der Waals surface area contributed by atoms with Crippen LogP contribution in [-0.2, 0) is 12.7 Å². The SMILES string of the molecule is Cc1nc2c(Cl)cc(C(F)(F)F)cn2c1C(=O)NCCCn1ccnc1. The molecule has 3 aromatic heterocycles. The number of carbonyl (C=O) groups is 1. The third kappa shape index (κ3) is 3.67. The van der Waals surface area contributed by atoms with Gasteiger partial charge in [0.25, 0.3) is 5.91 Å². The summed E-state index contributed by atoms with van der Waals surface area (Å²) < 4.78 is 42.0. The zero-order chi connectivity index (χ0) is 18.9. The van der Waals surface area contributed by atoms with E-state index in [4.69, 9.17) is 11.6 Å². The van der Waals surface area contributed by atoms with E-state index in [0.717, 1.165) is 16.7 Å². The van der Waals surface area contributed by atoms with Crippen LogP contribution in [-0.4, -0.2) is 31.4 Å². The first-order valence-corrected chi connectivity index (χ1v) is 8.14. The predicted molar refractivity (Wildman–Crippen MR) is 89.1 cm³/mol. The number of fused-ring (bicyclic) bond motifs is 1. The van der Waals surface area contributed by atoms with Crippen LogP contribution < -0.4 is 5.32 Å². The summed E-state index contributed by atoms with van der Waals surface area (Å²) in [5.41, 5.74) is -0.490. The summed E-state index contributed by atoms with van der Waals surface area (Å²) in [5, 5.41) is 2.54. The van der Waals surface area contributed by atoms with E-state index in [1.807, 2.05) is 4.57 Å². The molecule has 10 heteroatoms. The highest BCUT2D eigenvalue weighted by molar-refractivity contribution is 6.33. The van der Waals surface area contributed by atoms with Crippen molar-refractivity contribution < 1.29 is 18.0 Å². The van der Waals surface area contributed by atoms with Crippen molar-refractivity contribution in [2.45, 2.75) is 26.1 Å². The van der Waals surface area contributed by atoms with Gasteiger partial charge in [0.2, 0.25) is 0 Å². The molecule has 0 bridgehead atoms. The number of imidazole rings is 2. The largest absolute Gasteiger partial charge is 0.417 e. The van der Waals surface area contributed by atoms with E-state index in [2.05, 4.69) is 15.3 Å². The molecular formula is C16H15ClF3N5O. The molecule has 0 aliphatic carbocycles. The summed E-state index contributed by atoms with van der Waals surface area (Å²) in [7, 11) is 0. The van der Waals surface area contributed by atoms with Gasteiger partial charge in [0.1, 0.15) is 5.69 Å².